The van der Waals surface area contributed by atoms with Gasteiger partial charge in [-0.3, -0.25) is 0 Å². The molecule has 0 saturated carbocycles. The monoisotopic (exact) mass is 355 g/mol. The molecule has 0 fully saturated rings. The molecular weight excluding hydrogens is 334 g/mol. The molecular formula is C20H21NO5. The Labute approximate surface area is 152 Å². The molecule has 0 unspecified atom stereocenters. The molecule has 136 valence electrons. The van der Waals surface area contributed by atoms with E-state index in [9.17, 15) is 4.79 Å². The van der Waals surface area contributed by atoms with E-state index in [1.54, 1.807) is 51.5 Å². The van der Waals surface area contributed by atoms with Gasteiger partial charge in [-0.25, -0.2) is 4.79 Å². The lowest BCUT2D eigenvalue weighted by molar-refractivity contribution is -0.152. The lowest BCUT2D eigenvalue weighted by Crippen LogP contribution is -2.26. The predicted octanol–water partition coefficient (Wildman–Crippen LogP) is 3.39. The Morgan fingerprint density at radius 2 is 1.73 bits per heavy atom. The number of methoxy groups -OCH3 is 2. The van der Waals surface area contributed by atoms with Crippen LogP contribution >= 0.6 is 0 Å². The van der Waals surface area contributed by atoms with E-state index in [4.69, 9.17) is 24.2 Å². The van der Waals surface area contributed by atoms with Crippen molar-refractivity contribution < 1.29 is 23.7 Å². The van der Waals surface area contributed by atoms with Gasteiger partial charge in [0, 0.05) is 0 Å². The van der Waals surface area contributed by atoms with E-state index in [-0.39, 0.29) is 6.61 Å². The zero-order valence-electron chi connectivity index (χ0n) is 15.2. The molecule has 6 nitrogen and oxygen atoms in total. The molecule has 0 radical (unpaired) electrons. The molecule has 0 N–H and O–H groups in total. The second kappa shape index (κ2) is 8.77. The molecule has 6 heteroatoms. The first kappa shape index (κ1) is 19.1. The zero-order valence-corrected chi connectivity index (χ0v) is 15.2. The molecule has 1 atom stereocenters. The first-order chi connectivity index (χ1) is 12.5. The molecule has 0 heterocycles. The highest BCUT2D eigenvalue weighted by Gasteiger charge is 2.18. The number of aryl methyl sites for hydroxylation is 1. The lowest BCUT2D eigenvalue weighted by Gasteiger charge is -2.16. The van der Waals surface area contributed by atoms with Gasteiger partial charge >= 0.3 is 5.97 Å². The quantitative estimate of drug-likeness (QED) is 0.709. The Morgan fingerprint density at radius 3 is 2.31 bits per heavy atom. The smallest absolute Gasteiger partial charge is 0.347 e. The van der Waals surface area contributed by atoms with Gasteiger partial charge in [-0.2, -0.15) is 5.26 Å². The van der Waals surface area contributed by atoms with Gasteiger partial charge < -0.3 is 18.9 Å². The van der Waals surface area contributed by atoms with Crippen molar-refractivity contribution in [3.8, 4) is 23.3 Å². The third-order valence-electron chi connectivity index (χ3n) is 3.84. The van der Waals surface area contributed by atoms with Gasteiger partial charge in [-0.1, -0.05) is 0 Å². The van der Waals surface area contributed by atoms with Gasteiger partial charge in [0.25, 0.3) is 0 Å². The van der Waals surface area contributed by atoms with E-state index in [1.165, 1.54) is 0 Å². The fourth-order valence-corrected chi connectivity index (χ4v) is 2.30. The summed E-state index contributed by atoms with van der Waals surface area (Å²) >= 11 is 0. The predicted molar refractivity (Wildman–Crippen MR) is 95.3 cm³/mol. The number of rotatable bonds is 7. The number of esters is 1. The summed E-state index contributed by atoms with van der Waals surface area (Å²) in [5, 5.41) is 8.79. The van der Waals surface area contributed by atoms with E-state index in [1.807, 2.05) is 19.1 Å². The Kier molecular flexibility index (Phi) is 6.45. The van der Waals surface area contributed by atoms with Crippen LogP contribution in [0.4, 0.5) is 0 Å². The summed E-state index contributed by atoms with van der Waals surface area (Å²) < 4.78 is 21.4. The summed E-state index contributed by atoms with van der Waals surface area (Å²) in [7, 11) is 3.12. The van der Waals surface area contributed by atoms with Crippen LogP contribution in [0.1, 0.15) is 23.6 Å². The maximum absolute atomic E-state index is 12.2. The molecule has 26 heavy (non-hydrogen) atoms. The Morgan fingerprint density at radius 1 is 1.12 bits per heavy atom. The van der Waals surface area contributed by atoms with Crippen molar-refractivity contribution in [3.63, 3.8) is 0 Å². The van der Waals surface area contributed by atoms with Crippen LogP contribution in [0.2, 0.25) is 0 Å². The molecule has 0 spiro atoms. The van der Waals surface area contributed by atoms with Crippen LogP contribution in [0.3, 0.4) is 0 Å². The molecule has 2 aromatic rings. The van der Waals surface area contributed by atoms with Gasteiger partial charge in [0.2, 0.25) is 0 Å². The summed E-state index contributed by atoms with van der Waals surface area (Å²) in [5.74, 6) is 1.21. The van der Waals surface area contributed by atoms with Gasteiger partial charge in [0.15, 0.2) is 17.6 Å². The van der Waals surface area contributed by atoms with Gasteiger partial charge in [-0.05, 0) is 61.4 Å². The molecule has 2 aromatic carbocycles. The van der Waals surface area contributed by atoms with Crippen molar-refractivity contribution in [2.24, 2.45) is 0 Å². The van der Waals surface area contributed by atoms with Crippen LogP contribution in [0.5, 0.6) is 17.2 Å². The summed E-state index contributed by atoms with van der Waals surface area (Å²) in [6.07, 6.45) is -0.775. The molecule has 0 amide bonds. The number of carbonyl (C=O) groups excluding carboxylic acids is 1. The van der Waals surface area contributed by atoms with Crippen molar-refractivity contribution in [1.29, 1.82) is 5.26 Å². The van der Waals surface area contributed by atoms with Crippen LogP contribution in [0.15, 0.2) is 36.4 Å². The maximum Gasteiger partial charge on any atom is 0.347 e. The summed E-state index contributed by atoms with van der Waals surface area (Å²) in [6, 6.07) is 12.2. The number of carbonyl (C=O) groups is 1. The van der Waals surface area contributed by atoms with Crippen molar-refractivity contribution >= 4 is 5.97 Å². The van der Waals surface area contributed by atoms with E-state index >= 15 is 0 Å². The summed E-state index contributed by atoms with van der Waals surface area (Å²) in [4.78, 5) is 12.2. The largest absolute Gasteiger partial charge is 0.493 e. The first-order valence-corrected chi connectivity index (χ1v) is 8.03. The zero-order chi connectivity index (χ0) is 19.1. The van der Waals surface area contributed by atoms with Gasteiger partial charge in [0.05, 0.1) is 25.9 Å². The first-order valence-electron chi connectivity index (χ1n) is 8.03. The van der Waals surface area contributed by atoms with E-state index in [2.05, 4.69) is 0 Å². The van der Waals surface area contributed by atoms with E-state index in [0.29, 0.717) is 22.8 Å². The lowest BCUT2D eigenvalue weighted by atomic mass is 10.1. The molecule has 0 aliphatic heterocycles. The summed E-state index contributed by atoms with van der Waals surface area (Å²) in [5.41, 5.74) is 2.27. The van der Waals surface area contributed by atoms with Crippen LogP contribution in [-0.2, 0) is 16.1 Å². The maximum atomic E-state index is 12.2. The Hall–Kier alpha value is -3.20. The average molecular weight is 355 g/mol. The van der Waals surface area contributed by atoms with Crippen molar-refractivity contribution in [2.45, 2.75) is 26.6 Å². The fourth-order valence-electron chi connectivity index (χ4n) is 2.30. The van der Waals surface area contributed by atoms with Crippen molar-refractivity contribution in [1.82, 2.24) is 0 Å². The highest BCUT2D eigenvalue weighted by atomic mass is 16.6. The minimum absolute atomic E-state index is 0.103. The number of hydrogen-bond donors (Lipinski definition) is 0. The standard InChI is InChI=1S/C20H21NO5/c1-13-9-18(23-3)19(24-4)10-16(13)12-25-20(22)14(2)26-17-7-5-15(11-21)6-8-17/h5-10,14H,12H2,1-4H3/t14-/m0/s1. The molecule has 0 aliphatic carbocycles. The highest BCUT2D eigenvalue weighted by Crippen LogP contribution is 2.30. The Bertz CT molecular complexity index is 808. The number of nitriles is 1. The Balaban J connectivity index is 1.98. The molecule has 0 aliphatic rings. The number of nitrogens with zero attached hydrogens (tertiary/aromatic N) is 1. The number of ether oxygens (including phenoxy) is 4. The normalized spacial score (nSPS) is 11.2. The third-order valence-corrected chi connectivity index (χ3v) is 3.84. The molecule has 0 saturated heterocycles. The number of benzene rings is 2. The topological polar surface area (TPSA) is 77.8 Å². The average Bonchev–Trinajstić information content (AvgIpc) is 2.66. The molecule has 0 bridgehead atoms. The van der Waals surface area contributed by atoms with Crippen LogP contribution in [-0.4, -0.2) is 26.3 Å². The third kappa shape index (κ3) is 4.67. The van der Waals surface area contributed by atoms with Gasteiger partial charge in [0.1, 0.15) is 12.4 Å². The number of hydrogen-bond acceptors (Lipinski definition) is 6. The van der Waals surface area contributed by atoms with Crippen LogP contribution < -0.4 is 14.2 Å². The minimum Gasteiger partial charge on any atom is -0.493 e. The minimum atomic E-state index is -0.775. The second-order valence-electron chi connectivity index (χ2n) is 5.64. The molecule has 0 aromatic heterocycles. The van der Waals surface area contributed by atoms with Crippen LogP contribution in [0.25, 0.3) is 0 Å². The molecule has 2 rings (SSSR count). The summed E-state index contributed by atoms with van der Waals surface area (Å²) in [6.45, 7) is 3.62. The van der Waals surface area contributed by atoms with Crippen LogP contribution in [0, 0.1) is 18.3 Å². The van der Waals surface area contributed by atoms with Crippen molar-refractivity contribution in [2.75, 3.05) is 14.2 Å². The van der Waals surface area contributed by atoms with E-state index in [0.717, 1.165) is 11.1 Å². The SMILES string of the molecule is COc1cc(C)c(COC(=O)[C@H](C)Oc2ccc(C#N)cc2)cc1OC. The van der Waals surface area contributed by atoms with E-state index < -0.39 is 12.1 Å². The fraction of sp³-hybridized carbons (Fsp3) is 0.300. The second-order valence-corrected chi connectivity index (χ2v) is 5.64. The van der Waals surface area contributed by atoms with Gasteiger partial charge in [-0.15, -0.1) is 0 Å². The van der Waals surface area contributed by atoms with Crippen molar-refractivity contribution in [3.05, 3.63) is 53.1 Å². The highest BCUT2D eigenvalue weighted by molar-refractivity contribution is 5.74.